The number of amides is 1. The summed E-state index contributed by atoms with van der Waals surface area (Å²) in [5.41, 5.74) is 2.22. The van der Waals surface area contributed by atoms with Crippen molar-refractivity contribution in [1.29, 1.82) is 0 Å². The molecule has 0 saturated heterocycles. The van der Waals surface area contributed by atoms with Crippen LogP contribution in [0.4, 0.5) is 0 Å². The molecule has 0 saturated carbocycles. The molecule has 0 radical (unpaired) electrons. The van der Waals surface area contributed by atoms with Crippen LogP contribution in [-0.2, 0) is 22.7 Å². The Morgan fingerprint density at radius 1 is 1.00 bits per heavy atom. The number of esters is 1. The molecule has 3 aromatic rings. The van der Waals surface area contributed by atoms with Gasteiger partial charge in [0, 0.05) is 13.6 Å². The Balaban J connectivity index is 1.55. The van der Waals surface area contributed by atoms with Gasteiger partial charge < -0.3 is 23.5 Å². The van der Waals surface area contributed by atoms with Crippen molar-refractivity contribution < 1.29 is 28.2 Å². The highest BCUT2D eigenvalue weighted by Crippen LogP contribution is 2.29. The van der Waals surface area contributed by atoms with Crippen molar-refractivity contribution in [3.63, 3.8) is 0 Å². The first-order valence-corrected chi connectivity index (χ1v) is 9.76. The Labute approximate surface area is 181 Å². The average molecular weight is 423 g/mol. The van der Waals surface area contributed by atoms with Crippen molar-refractivity contribution in [3.05, 3.63) is 83.3 Å². The lowest BCUT2D eigenvalue weighted by Gasteiger charge is -2.18. The van der Waals surface area contributed by atoms with Gasteiger partial charge in [0.05, 0.1) is 13.4 Å². The van der Waals surface area contributed by atoms with Gasteiger partial charge in [-0.3, -0.25) is 4.79 Å². The van der Waals surface area contributed by atoms with Gasteiger partial charge in [-0.15, -0.1) is 0 Å². The van der Waals surface area contributed by atoms with Gasteiger partial charge in [0.1, 0.15) is 17.9 Å². The molecule has 0 spiro atoms. The van der Waals surface area contributed by atoms with E-state index >= 15 is 0 Å². The van der Waals surface area contributed by atoms with E-state index in [1.165, 1.54) is 17.2 Å². The molecule has 0 fully saturated rings. The lowest BCUT2D eigenvalue weighted by molar-refractivity contribution is -0.133. The van der Waals surface area contributed by atoms with E-state index in [0.29, 0.717) is 36.0 Å². The zero-order chi connectivity index (χ0) is 22.2. The molecule has 3 rings (SSSR count). The van der Waals surface area contributed by atoms with Crippen molar-refractivity contribution in [2.75, 3.05) is 20.8 Å². The maximum atomic E-state index is 12.4. The number of carbonyl (C=O) groups excluding carboxylic acids is 2. The molecule has 1 aromatic heterocycles. The summed E-state index contributed by atoms with van der Waals surface area (Å²) in [5.74, 6) is 0.740. The van der Waals surface area contributed by atoms with Gasteiger partial charge in [0.25, 0.3) is 5.91 Å². The molecule has 7 nitrogen and oxygen atoms in total. The summed E-state index contributed by atoms with van der Waals surface area (Å²) < 4.78 is 21.5. The summed E-state index contributed by atoms with van der Waals surface area (Å²) in [7, 11) is 3.21. The smallest absolute Gasteiger partial charge is 0.342 e. The first-order valence-electron chi connectivity index (χ1n) is 9.76. The summed E-state index contributed by atoms with van der Waals surface area (Å²) in [4.78, 5) is 25.9. The minimum absolute atomic E-state index is 0.311. The summed E-state index contributed by atoms with van der Waals surface area (Å²) >= 11 is 0. The number of ether oxygens (including phenoxy) is 3. The second kappa shape index (κ2) is 10.3. The molecule has 1 heterocycles. The monoisotopic (exact) mass is 423 g/mol. The van der Waals surface area contributed by atoms with Gasteiger partial charge in [-0.1, -0.05) is 36.4 Å². The SMILES string of the molecule is COc1cc(CN(C)C(=O)COC(=O)c2ccoc2C)ccc1OCc1ccccc1. The zero-order valence-electron chi connectivity index (χ0n) is 17.8. The molecule has 1 amide bonds. The Morgan fingerprint density at radius 2 is 1.77 bits per heavy atom. The minimum Gasteiger partial charge on any atom is -0.493 e. The van der Waals surface area contributed by atoms with E-state index < -0.39 is 5.97 Å². The van der Waals surface area contributed by atoms with Crippen LogP contribution in [0, 0.1) is 6.92 Å². The molecule has 31 heavy (non-hydrogen) atoms. The Morgan fingerprint density at radius 3 is 2.45 bits per heavy atom. The lowest BCUT2D eigenvalue weighted by atomic mass is 10.2. The summed E-state index contributed by atoms with van der Waals surface area (Å²) in [6.45, 7) is 2.06. The first-order chi connectivity index (χ1) is 15.0. The maximum Gasteiger partial charge on any atom is 0.342 e. The third kappa shape index (κ3) is 5.88. The van der Waals surface area contributed by atoms with Crippen LogP contribution in [0.25, 0.3) is 0 Å². The number of likely N-dealkylation sites (N-methyl/N-ethyl adjacent to an activating group) is 1. The van der Waals surface area contributed by atoms with Crippen molar-refractivity contribution >= 4 is 11.9 Å². The summed E-state index contributed by atoms with van der Waals surface area (Å²) in [6.07, 6.45) is 1.40. The fourth-order valence-electron chi connectivity index (χ4n) is 2.94. The largest absolute Gasteiger partial charge is 0.493 e. The Kier molecular flexibility index (Phi) is 7.32. The van der Waals surface area contributed by atoms with Crippen LogP contribution < -0.4 is 9.47 Å². The molecule has 0 bridgehead atoms. The van der Waals surface area contributed by atoms with E-state index in [1.54, 1.807) is 21.1 Å². The van der Waals surface area contributed by atoms with Crippen LogP contribution in [0.15, 0.2) is 65.3 Å². The average Bonchev–Trinajstić information content (AvgIpc) is 3.22. The van der Waals surface area contributed by atoms with E-state index in [9.17, 15) is 9.59 Å². The van der Waals surface area contributed by atoms with Crippen molar-refractivity contribution in [3.8, 4) is 11.5 Å². The van der Waals surface area contributed by atoms with E-state index in [-0.39, 0.29) is 12.5 Å². The number of benzene rings is 2. The number of nitrogens with zero attached hydrogens (tertiary/aromatic N) is 1. The zero-order valence-corrected chi connectivity index (χ0v) is 17.8. The quantitative estimate of drug-likeness (QED) is 0.484. The Bertz CT molecular complexity index is 1030. The second-order valence-electron chi connectivity index (χ2n) is 6.98. The number of hydrogen-bond donors (Lipinski definition) is 0. The topological polar surface area (TPSA) is 78.2 Å². The number of rotatable bonds is 9. The van der Waals surface area contributed by atoms with Gasteiger partial charge >= 0.3 is 5.97 Å². The van der Waals surface area contributed by atoms with Gasteiger partial charge in [-0.25, -0.2) is 4.79 Å². The van der Waals surface area contributed by atoms with Crippen LogP contribution in [-0.4, -0.2) is 37.5 Å². The first kappa shape index (κ1) is 22.0. The summed E-state index contributed by atoms with van der Waals surface area (Å²) in [5, 5.41) is 0. The van der Waals surface area contributed by atoms with Crippen molar-refractivity contribution in [2.24, 2.45) is 0 Å². The summed E-state index contributed by atoms with van der Waals surface area (Å²) in [6, 6.07) is 16.9. The number of carbonyl (C=O) groups is 2. The molecule has 0 atom stereocenters. The van der Waals surface area contributed by atoms with E-state index in [0.717, 1.165) is 11.1 Å². The van der Waals surface area contributed by atoms with Crippen LogP contribution in [0.1, 0.15) is 27.2 Å². The number of methoxy groups -OCH3 is 1. The molecule has 0 aliphatic rings. The van der Waals surface area contributed by atoms with Crippen molar-refractivity contribution in [2.45, 2.75) is 20.1 Å². The third-order valence-corrected chi connectivity index (χ3v) is 4.72. The highest BCUT2D eigenvalue weighted by atomic mass is 16.5. The molecule has 0 unspecified atom stereocenters. The normalized spacial score (nSPS) is 10.4. The highest BCUT2D eigenvalue weighted by molar-refractivity contribution is 5.92. The Hall–Kier alpha value is -3.74. The van der Waals surface area contributed by atoms with Crippen LogP contribution in [0.2, 0.25) is 0 Å². The second-order valence-corrected chi connectivity index (χ2v) is 6.98. The molecule has 0 aliphatic carbocycles. The molecule has 0 N–H and O–H groups in total. The van der Waals surface area contributed by atoms with E-state index in [1.807, 2.05) is 48.5 Å². The van der Waals surface area contributed by atoms with Crippen molar-refractivity contribution in [1.82, 2.24) is 4.90 Å². The number of aryl methyl sites for hydroxylation is 1. The number of hydrogen-bond acceptors (Lipinski definition) is 6. The van der Waals surface area contributed by atoms with Crippen LogP contribution in [0.3, 0.4) is 0 Å². The molecule has 162 valence electrons. The molecular weight excluding hydrogens is 398 g/mol. The molecular formula is C24H25NO6. The minimum atomic E-state index is -0.588. The lowest BCUT2D eigenvalue weighted by Crippen LogP contribution is -2.30. The predicted octanol–water partition coefficient (Wildman–Crippen LogP) is 3.99. The molecule has 2 aromatic carbocycles. The third-order valence-electron chi connectivity index (χ3n) is 4.72. The van der Waals surface area contributed by atoms with E-state index in [2.05, 4.69) is 0 Å². The number of furan rings is 1. The fourth-order valence-corrected chi connectivity index (χ4v) is 2.94. The van der Waals surface area contributed by atoms with Gasteiger partial charge in [0.2, 0.25) is 0 Å². The molecule has 0 aliphatic heterocycles. The van der Waals surface area contributed by atoms with Gasteiger partial charge in [0.15, 0.2) is 18.1 Å². The van der Waals surface area contributed by atoms with E-state index in [4.69, 9.17) is 18.6 Å². The fraction of sp³-hybridized carbons (Fsp3) is 0.250. The van der Waals surface area contributed by atoms with Gasteiger partial charge in [-0.05, 0) is 36.2 Å². The standard InChI is InChI=1S/C24H25NO6/c1-17-20(11-12-29-17)24(27)31-16-23(26)25(2)14-19-9-10-21(22(13-19)28-3)30-15-18-7-5-4-6-8-18/h4-13H,14-16H2,1-3H3. The van der Waals surface area contributed by atoms with Crippen LogP contribution in [0.5, 0.6) is 11.5 Å². The highest BCUT2D eigenvalue weighted by Gasteiger charge is 2.17. The molecule has 7 heteroatoms. The van der Waals surface area contributed by atoms with Crippen LogP contribution >= 0.6 is 0 Å². The predicted molar refractivity (Wildman–Crippen MR) is 114 cm³/mol. The van der Waals surface area contributed by atoms with Gasteiger partial charge in [-0.2, -0.15) is 0 Å². The maximum absolute atomic E-state index is 12.4.